The molecule has 0 aliphatic heterocycles. The summed E-state index contributed by atoms with van der Waals surface area (Å²) in [7, 11) is 0. The quantitative estimate of drug-likeness (QED) is 0.479. The van der Waals surface area contributed by atoms with E-state index in [-0.39, 0.29) is 6.61 Å². The summed E-state index contributed by atoms with van der Waals surface area (Å²) in [4.78, 5) is 20.4. The second-order valence-corrected chi connectivity index (χ2v) is 2.09. The van der Waals surface area contributed by atoms with Crippen molar-refractivity contribution < 1.29 is 29.6 Å². The predicted octanol–water partition coefficient (Wildman–Crippen LogP) is -0.729. The molecule has 0 saturated heterocycles. The van der Waals surface area contributed by atoms with Crippen LogP contribution < -0.4 is 0 Å². The van der Waals surface area contributed by atoms with Gasteiger partial charge in [-0.3, -0.25) is 4.79 Å². The number of aliphatic hydroxyl groups is 1. The van der Waals surface area contributed by atoms with E-state index >= 15 is 0 Å². The van der Waals surface area contributed by atoms with Gasteiger partial charge in [-0.05, 0) is 6.92 Å². The molecule has 0 aromatic rings. The number of aliphatic carboxylic acids is 2. The van der Waals surface area contributed by atoms with Gasteiger partial charge in [0.2, 0.25) is 0 Å². The largest absolute Gasteiger partial charge is 0.481 e. The molecule has 0 amide bonds. The highest BCUT2D eigenvalue weighted by Gasteiger charge is 2.39. The Balaban J connectivity index is 4.38. The fourth-order valence-corrected chi connectivity index (χ4v) is 0.632. The topological polar surface area (TPSA) is 104 Å². The van der Waals surface area contributed by atoms with Gasteiger partial charge in [-0.25, -0.2) is 4.79 Å². The van der Waals surface area contributed by atoms with Crippen LogP contribution in [0.3, 0.4) is 0 Å². The molecule has 6 nitrogen and oxygen atoms in total. The van der Waals surface area contributed by atoms with Gasteiger partial charge in [0.15, 0.2) is 0 Å². The lowest BCUT2D eigenvalue weighted by Gasteiger charge is -2.20. The predicted molar refractivity (Wildman–Crippen MR) is 36.5 cm³/mol. The highest BCUT2D eigenvalue weighted by molar-refractivity contribution is 5.82. The third-order valence-corrected chi connectivity index (χ3v) is 1.11. The van der Waals surface area contributed by atoms with E-state index in [9.17, 15) is 9.59 Å². The van der Waals surface area contributed by atoms with E-state index in [1.54, 1.807) is 0 Å². The summed E-state index contributed by atoms with van der Waals surface area (Å²) in [5.41, 5.74) is 0. The summed E-state index contributed by atoms with van der Waals surface area (Å²) in [5, 5.41) is 25.7. The number of hydrogen-bond acceptors (Lipinski definition) is 4. The van der Waals surface area contributed by atoms with E-state index in [1.165, 1.54) is 6.92 Å². The SMILES string of the molecule is CCOC(O)(CC(=O)O)C(=O)O. The van der Waals surface area contributed by atoms with Crippen molar-refractivity contribution in [1.82, 2.24) is 0 Å². The monoisotopic (exact) mass is 178 g/mol. The Bertz CT molecular complexity index is 188. The molecule has 0 aromatic heterocycles. The number of hydrogen-bond donors (Lipinski definition) is 3. The lowest BCUT2D eigenvalue weighted by atomic mass is 10.2. The first-order valence-electron chi connectivity index (χ1n) is 3.24. The molecule has 12 heavy (non-hydrogen) atoms. The van der Waals surface area contributed by atoms with Gasteiger partial charge in [0.25, 0.3) is 5.79 Å². The van der Waals surface area contributed by atoms with Gasteiger partial charge < -0.3 is 20.1 Å². The van der Waals surface area contributed by atoms with Gasteiger partial charge in [-0.2, -0.15) is 0 Å². The van der Waals surface area contributed by atoms with Crippen LogP contribution in [0.15, 0.2) is 0 Å². The molecule has 1 unspecified atom stereocenters. The Kier molecular flexibility index (Phi) is 3.65. The molecule has 1 atom stereocenters. The van der Waals surface area contributed by atoms with Crippen molar-refractivity contribution in [2.24, 2.45) is 0 Å². The lowest BCUT2D eigenvalue weighted by Crippen LogP contribution is -2.43. The number of carbonyl (C=O) groups is 2. The molecule has 0 heterocycles. The highest BCUT2D eigenvalue weighted by atomic mass is 16.6. The van der Waals surface area contributed by atoms with Crippen LogP contribution in [0.5, 0.6) is 0 Å². The first kappa shape index (κ1) is 10.9. The van der Waals surface area contributed by atoms with Crippen molar-refractivity contribution in [3.63, 3.8) is 0 Å². The maximum Gasteiger partial charge on any atom is 0.364 e. The fourth-order valence-electron chi connectivity index (χ4n) is 0.632. The summed E-state index contributed by atoms with van der Waals surface area (Å²) < 4.78 is 4.38. The van der Waals surface area contributed by atoms with Crippen molar-refractivity contribution in [2.45, 2.75) is 19.1 Å². The molecule has 6 heteroatoms. The van der Waals surface area contributed by atoms with E-state index in [1.807, 2.05) is 0 Å². The highest BCUT2D eigenvalue weighted by Crippen LogP contribution is 2.12. The average Bonchev–Trinajstić information content (AvgIpc) is 1.85. The summed E-state index contributed by atoms with van der Waals surface area (Å²) in [6, 6.07) is 0. The first-order chi connectivity index (χ1) is 5.42. The third-order valence-electron chi connectivity index (χ3n) is 1.11. The van der Waals surface area contributed by atoms with E-state index in [0.29, 0.717) is 0 Å². The summed E-state index contributed by atoms with van der Waals surface area (Å²) >= 11 is 0. The molecule has 3 N–H and O–H groups in total. The second-order valence-electron chi connectivity index (χ2n) is 2.09. The normalized spacial score (nSPS) is 15.2. The minimum atomic E-state index is -2.61. The van der Waals surface area contributed by atoms with Gasteiger partial charge in [-0.15, -0.1) is 0 Å². The minimum absolute atomic E-state index is 0.0733. The number of carboxylic acid groups (broad SMARTS) is 2. The maximum atomic E-state index is 10.3. The Morgan fingerprint density at radius 1 is 1.42 bits per heavy atom. The number of ether oxygens (including phenoxy) is 1. The smallest absolute Gasteiger partial charge is 0.364 e. The van der Waals surface area contributed by atoms with Crippen LogP contribution in [-0.2, 0) is 14.3 Å². The van der Waals surface area contributed by atoms with Crippen LogP contribution in [0.4, 0.5) is 0 Å². The average molecular weight is 178 g/mol. The zero-order valence-electron chi connectivity index (χ0n) is 6.48. The molecular formula is C6H10O6. The third kappa shape index (κ3) is 2.85. The van der Waals surface area contributed by atoms with Crippen molar-refractivity contribution in [1.29, 1.82) is 0 Å². The van der Waals surface area contributed by atoms with Gasteiger partial charge >= 0.3 is 11.9 Å². The first-order valence-corrected chi connectivity index (χ1v) is 3.24. The molecule has 0 aliphatic carbocycles. The molecular weight excluding hydrogens is 168 g/mol. The van der Waals surface area contributed by atoms with E-state index < -0.39 is 24.1 Å². The van der Waals surface area contributed by atoms with Crippen molar-refractivity contribution in [3.05, 3.63) is 0 Å². The molecule has 70 valence electrons. The Labute approximate surface area is 68.4 Å². The van der Waals surface area contributed by atoms with Gasteiger partial charge in [0.05, 0.1) is 0 Å². The molecule has 0 spiro atoms. The van der Waals surface area contributed by atoms with Crippen LogP contribution in [0.2, 0.25) is 0 Å². The zero-order valence-corrected chi connectivity index (χ0v) is 6.48. The van der Waals surface area contributed by atoms with Gasteiger partial charge in [-0.1, -0.05) is 0 Å². The van der Waals surface area contributed by atoms with Crippen LogP contribution in [-0.4, -0.2) is 39.7 Å². The van der Waals surface area contributed by atoms with Crippen molar-refractivity contribution in [2.75, 3.05) is 6.61 Å². The Morgan fingerprint density at radius 3 is 2.17 bits per heavy atom. The van der Waals surface area contributed by atoms with Gasteiger partial charge in [0, 0.05) is 6.61 Å². The number of carboxylic acids is 2. The van der Waals surface area contributed by atoms with E-state index in [0.717, 1.165) is 0 Å². The van der Waals surface area contributed by atoms with Crippen molar-refractivity contribution >= 4 is 11.9 Å². The zero-order chi connectivity index (χ0) is 9.78. The standard InChI is InChI=1S/C6H10O6/c1-2-12-6(11,5(9)10)3-4(7)8/h11H,2-3H2,1H3,(H,7,8)(H,9,10). The van der Waals surface area contributed by atoms with Crippen LogP contribution >= 0.6 is 0 Å². The molecule has 0 aromatic carbocycles. The lowest BCUT2D eigenvalue weighted by molar-refractivity contribution is -0.226. The van der Waals surface area contributed by atoms with Crippen LogP contribution in [0.1, 0.15) is 13.3 Å². The molecule has 0 radical (unpaired) electrons. The molecule has 0 rings (SSSR count). The van der Waals surface area contributed by atoms with Crippen LogP contribution in [0.25, 0.3) is 0 Å². The molecule has 0 aliphatic rings. The molecule has 0 saturated carbocycles. The van der Waals surface area contributed by atoms with Crippen LogP contribution in [0, 0.1) is 0 Å². The fraction of sp³-hybridized carbons (Fsp3) is 0.667. The number of rotatable bonds is 5. The summed E-state index contributed by atoms with van der Waals surface area (Å²) in [6.07, 6.45) is -0.976. The summed E-state index contributed by atoms with van der Waals surface area (Å²) in [6.45, 7) is 1.38. The Hall–Kier alpha value is -1.14. The van der Waals surface area contributed by atoms with E-state index in [4.69, 9.17) is 15.3 Å². The van der Waals surface area contributed by atoms with Gasteiger partial charge in [0.1, 0.15) is 6.42 Å². The molecule has 0 fully saturated rings. The van der Waals surface area contributed by atoms with E-state index in [2.05, 4.69) is 4.74 Å². The second kappa shape index (κ2) is 4.03. The van der Waals surface area contributed by atoms with Crippen molar-refractivity contribution in [3.8, 4) is 0 Å². The minimum Gasteiger partial charge on any atom is -0.481 e. The summed E-state index contributed by atoms with van der Waals surface area (Å²) in [5.74, 6) is -5.75. The Morgan fingerprint density at radius 2 is 1.92 bits per heavy atom. The maximum absolute atomic E-state index is 10.3. The molecule has 0 bridgehead atoms.